The smallest absolute Gasteiger partial charge is 0.145 e. The number of aromatic nitrogens is 1. The summed E-state index contributed by atoms with van der Waals surface area (Å²) in [6.45, 7) is 0.416. The van der Waals surface area contributed by atoms with Crippen molar-refractivity contribution in [1.29, 1.82) is 0 Å². The first-order chi connectivity index (χ1) is 8.33. The van der Waals surface area contributed by atoms with Crippen LogP contribution in [0.15, 0.2) is 42.7 Å². The molecule has 0 aliphatic heterocycles. The van der Waals surface area contributed by atoms with Crippen LogP contribution in [0.5, 0.6) is 17.2 Å². The molecule has 0 unspecified atom stereocenters. The summed E-state index contributed by atoms with van der Waals surface area (Å²) in [6.07, 6.45) is 3.35. The van der Waals surface area contributed by atoms with Crippen molar-refractivity contribution < 1.29 is 9.47 Å². The van der Waals surface area contributed by atoms with Crippen molar-refractivity contribution in [2.75, 3.05) is 7.11 Å². The summed E-state index contributed by atoms with van der Waals surface area (Å²) in [5.74, 6) is 2.11. The Morgan fingerprint density at radius 2 is 2.12 bits per heavy atom. The molecule has 0 bridgehead atoms. The molecule has 4 nitrogen and oxygen atoms in total. The molecule has 0 amide bonds. The Bertz CT molecular complexity index is 486. The van der Waals surface area contributed by atoms with Crippen molar-refractivity contribution in [3.63, 3.8) is 0 Å². The van der Waals surface area contributed by atoms with Crippen molar-refractivity contribution >= 4 is 0 Å². The average Bonchev–Trinajstić information content (AvgIpc) is 2.40. The maximum absolute atomic E-state index is 5.72. The molecule has 0 spiro atoms. The van der Waals surface area contributed by atoms with Crippen LogP contribution in [0.4, 0.5) is 0 Å². The first-order valence-electron chi connectivity index (χ1n) is 5.28. The molecular formula is C13H14N2O2. The molecule has 2 aromatic rings. The van der Waals surface area contributed by atoms with Gasteiger partial charge in [0.25, 0.3) is 0 Å². The van der Waals surface area contributed by atoms with Gasteiger partial charge in [-0.25, -0.2) is 0 Å². The fraction of sp³-hybridized carbons (Fsp3) is 0.154. The molecule has 0 aliphatic rings. The van der Waals surface area contributed by atoms with Crippen LogP contribution < -0.4 is 15.2 Å². The monoisotopic (exact) mass is 230 g/mol. The van der Waals surface area contributed by atoms with E-state index in [2.05, 4.69) is 4.98 Å². The molecule has 2 rings (SSSR count). The molecule has 2 N–H and O–H groups in total. The number of rotatable bonds is 4. The van der Waals surface area contributed by atoms with Crippen molar-refractivity contribution in [2.24, 2.45) is 5.73 Å². The van der Waals surface area contributed by atoms with Crippen molar-refractivity contribution in [3.05, 3.63) is 48.3 Å². The molecule has 88 valence electrons. The summed E-state index contributed by atoms with van der Waals surface area (Å²) in [5, 5.41) is 0. The molecule has 0 aliphatic carbocycles. The molecule has 0 saturated carbocycles. The molecule has 1 heterocycles. The predicted octanol–water partition coefficient (Wildman–Crippen LogP) is 2.34. The number of hydrogen-bond acceptors (Lipinski definition) is 4. The van der Waals surface area contributed by atoms with E-state index in [-0.39, 0.29) is 0 Å². The normalized spacial score (nSPS) is 10.0. The maximum Gasteiger partial charge on any atom is 0.145 e. The van der Waals surface area contributed by atoms with Crippen LogP contribution in [0.2, 0.25) is 0 Å². The number of nitrogens with two attached hydrogens (primary N) is 1. The summed E-state index contributed by atoms with van der Waals surface area (Å²) < 4.78 is 10.9. The van der Waals surface area contributed by atoms with Gasteiger partial charge in [-0.15, -0.1) is 0 Å². The molecule has 0 saturated heterocycles. The van der Waals surface area contributed by atoms with Gasteiger partial charge in [-0.2, -0.15) is 0 Å². The largest absolute Gasteiger partial charge is 0.497 e. The van der Waals surface area contributed by atoms with E-state index in [4.69, 9.17) is 15.2 Å². The molecule has 4 heteroatoms. The lowest BCUT2D eigenvalue weighted by atomic mass is 10.2. The van der Waals surface area contributed by atoms with Crippen LogP contribution in [-0.2, 0) is 6.54 Å². The molecule has 1 aromatic heterocycles. The summed E-state index contributed by atoms with van der Waals surface area (Å²) in [4.78, 5) is 3.99. The van der Waals surface area contributed by atoms with Gasteiger partial charge in [0.1, 0.15) is 17.2 Å². The van der Waals surface area contributed by atoms with Crippen LogP contribution in [0.25, 0.3) is 0 Å². The standard InChI is InChI=1S/C13H14N2O2/c1-16-11-5-4-10(8-14)13(7-11)17-12-3-2-6-15-9-12/h2-7,9H,8,14H2,1H3. The molecule has 0 radical (unpaired) electrons. The third kappa shape index (κ3) is 2.73. The summed E-state index contributed by atoms with van der Waals surface area (Å²) in [6, 6.07) is 9.22. The second-order valence-electron chi connectivity index (χ2n) is 3.47. The Hall–Kier alpha value is -2.07. The minimum Gasteiger partial charge on any atom is -0.497 e. The van der Waals surface area contributed by atoms with E-state index in [1.165, 1.54) is 0 Å². The zero-order valence-electron chi connectivity index (χ0n) is 9.59. The first-order valence-corrected chi connectivity index (χ1v) is 5.28. The highest BCUT2D eigenvalue weighted by Crippen LogP contribution is 2.28. The summed E-state index contributed by atoms with van der Waals surface area (Å²) >= 11 is 0. The van der Waals surface area contributed by atoms with Gasteiger partial charge in [-0.3, -0.25) is 4.98 Å². The lowest BCUT2D eigenvalue weighted by Gasteiger charge is -2.11. The quantitative estimate of drug-likeness (QED) is 0.875. The van der Waals surface area contributed by atoms with Crippen molar-refractivity contribution in [2.45, 2.75) is 6.54 Å². The van der Waals surface area contributed by atoms with Gasteiger partial charge in [0.2, 0.25) is 0 Å². The van der Waals surface area contributed by atoms with Gasteiger partial charge in [0.05, 0.1) is 13.3 Å². The lowest BCUT2D eigenvalue weighted by molar-refractivity contribution is 0.408. The van der Waals surface area contributed by atoms with Crippen LogP contribution in [0, 0.1) is 0 Å². The Morgan fingerprint density at radius 1 is 1.24 bits per heavy atom. The molecular weight excluding hydrogens is 216 g/mol. The fourth-order valence-corrected chi connectivity index (χ4v) is 1.46. The van der Waals surface area contributed by atoms with Gasteiger partial charge in [0.15, 0.2) is 0 Å². The third-order valence-electron chi connectivity index (χ3n) is 2.36. The zero-order chi connectivity index (χ0) is 12.1. The van der Waals surface area contributed by atoms with Gasteiger partial charge in [-0.1, -0.05) is 6.07 Å². The molecule has 0 atom stereocenters. The van der Waals surface area contributed by atoms with Crippen LogP contribution in [-0.4, -0.2) is 12.1 Å². The van der Waals surface area contributed by atoms with Crippen molar-refractivity contribution in [1.82, 2.24) is 4.98 Å². The SMILES string of the molecule is COc1ccc(CN)c(Oc2cccnc2)c1. The number of nitrogens with zero attached hydrogens (tertiary/aromatic N) is 1. The van der Waals surface area contributed by atoms with E-state index in [0.717, 1.165) is 11.3 Å². The van der Waals surface area contributed by atoms with Gasteiger partial charge in [-0.05, 0) is 18.2 Å². The average molecular weight is 230 g/mol. The Labute approximate surface area is 100 Å². The van der Waals surface area contributed by atoms with E-state index >= 15 is 0 Å². The zero-order valence-corrected chi connectivity index (χ0v) is 9.59. The highest BCUT2D eigenvalue weighted by Gasteiger charge is 2.05. The number of ether oxygens (including phenoxy) is 2. The number of pyridine rings is 1. The van der Waals surface area contributed by atoms with Crippen LogP contribution in [0.3, 0.4) is 0 Å². The highest BCUT2D eigenvalue weighted by molar-refractivity contribution is 5.42. The maximum atomic E-state index is 5.72. The Kier molecular flexibility index (Phi) is 3.57. The minimum absolute atomic E-state index is 0.416. The molecule has 17 heavy (non-hydrogen) atoms. The molecule has 0 fully saturated rings. The van der Waals surface area contributed by atoms with E-state index in [9.17, 15) is 0 Å². The van der Waals surface area contributed by atoms with E-state index in [0.29, 0.717) is 18.0 Å². The summed E-state index contributed by atoms with van der Waals surface area (Å²) in [7, 11) is 1.62. The summed E-state index contributed by atoms with van der Waals surface area (Å²) in [5.41, 5.74) is 6.58. The number of hydrogen-bond donors (Lipinski definition) is 1. The van der Waals surface area contributed by atoms with Crippen LogP contribution >= 0.6 is 0 Å². The topological polar surface area (TPSA) is 57.4 Å². The van der Waals surface area contributed by atoms with E-state index < -0.39 is 0 Å². The third-order valence-corrected chi connectivity index (χ3v) is 2.36. The predicted molar refractivity (Wildman–Crippen MR) is 65.2 cm³/mol. The lowest BCUT2D eigenvalue weighted by Crippen LogP contribution is -2.00. The van der Waals surface area contributed by atoms with Crippen molar-refractivity contribution in [3.8, 4) is 17.2 Å². The second-order valence-corrected chi connectivity index (χ2v) is 3.47. The number of benzene rings is 1. The highest BCUT2D eigenvalue weighted by atomic mass is 16.5. The second kappa shape index (κ2) is 5.32. The van der Waals surface area contributed by atoms with Gasteiger partial charge < -0.3 is 15.2 Å². The van der Waals surface area contributed by atoms with E-state index in [1.54, 1.807) is 19.5 Å². The van der Waals surface area contributed by atoms with Crippen LogP contribution in [0.1, 0.15) is 5.56 Å². The molecule has 1 aromatic carbocycles. The van der Waals surface area contributed by atoms with Gasteiger partial charge >= 0.3 is 0 Å². The number of methoxy groups -OCH3 is 1. The minimum atomic E-state index is 0.416. The Balaban J connectivity index is 2.30. The Morgan fingerprint density at radius 3 is 2.76 bits per heavy atom. The fourth-order valence-electron chi connectivity index (χ4n) is 1.46. The van der Waals surface area contributed by atoms with E-state index in [1.807, 2.05) is 30.3 Å². The van der Waals surface area contributed by atoms with Gasteiger partial charge in [0, 0.05) is 24.4 Å². The first kappa shape index (κ1) is 11.4.